The smallest absolute Gasteiger partial charge is 0.337 e. The molecule has 2 rings (SSSR count). The molecule has 1 atom stereocenters. The lowest BCUT2D eigenvalue weighted by Gasteiger charge is -2.30. The number of aromatic carboxylic acids is 1. The number of piperidine rings is 1. The number of rotatable bonds is 3. The van der Waals surface area contributed by atoms with Crippen LogP contribution in [-0.2, 0) is 4.79 Å². The van der Waals surface area contributed by atoms with Crippen molar-refractivity contribution >= 4 is 23.4 Å². The first-order valence-corrected chi connectivity index (χ1v) is 5.96. The summed E-state index contributed by atoms with van der Waals surface area (Å²) < 4.78 is 0. The molecule has 1 saturated heterocycles. The summed E-state index contributed by atoms with van der Waals surface area (Å²) in [4.78, 5) is 27.8. The molecule has 4 N–H and O–H groups in total. The predicted octanol–water partition coefficient (Wildman–Crippen LogP) is 0.395. The number of anilines is 2. The van der Waals surface area contributed by atoms with Crippen molar-refractivity contribution in [2.75, 3.05) is 24.6 Å². The highest BCUT2D eigenvalue weighted by Gasteiger charge is 2.23. The van der Waals surface area contributed by atoms with Gasteiger partial charge in [-0.1, -0.05) is 0 Å². The van der Waals surface area contributed by atoms with Crippen LogP contribution in [0.15, 0.2) is 12.3 Å². The fraction of sp³-hybridized carbons (Fsp3) is 0.417. The molecule has 7 heteroatoms. The first-order chi connectivity index (χ1) is 8.97. The number of nitrogens with zero attached hydrogens (tertiary/aromatic N) is 2. The van der Waals surface area contributed by atoms with Crippen molar-refractivity contribution in [3.8, 4) is 0 Å². The highest BCUT2D eigenvalue weighted by Crippen LogP contribution is 2.20. The van der Waals surface area contributed by atoms with Gasteiger partial charge in [0.25, 0.3) is 0 Å². The van der Waals surface area contributed by atoms with E-state index < -0.39 is 5.97 Å². The van der Waals surface area contributed by atoms with Gasteiger partial charge in [0.05, 0.1) is 11.3 Å². The maximum atomic E-state index is 11.4. The lowest BCUT2D eigenvalue weighted by molar-refractivity contribution is -0.132. The van der Waals surface area contributed by atoms with Gasteiger partial charge in [0.1, 0.15) is 5.82 Å². The molecule has 0 aromatic carbocycles. The van der Waals surface area contributed by atoms with E-state index in [4.69, 9.17) is 10.8 Å². The van der Waals surface area contributed by atoms with Crippen molar-refractivity contribution in [2.24, 2.45) is 0 Å². The van der Waals surface area contributed by atoms with E-state index in [1.165, 1.54) is 12.3 Å². The number of hydrogen-bond donors (Lipinski definition) is 3. The largest absolute Gasteiger partial charge is 0.478 e. The number of carbonyl (C=O) groups excluding carboxylic acids is 1. The monoisotopic (exact) mass is 264 g/mol. The van der Waals surface area contributed by atoms with Crippen molar-refractivity contribution in [1.82, 2.24) is 9.88 Å². The quantitative estimate of drug-likeness (QED) is 0.729. The highest BCUT2D eigenvalue weighted by molar-refractivity contribution is 5.89. The van der Waals surface area contributed by atoms with Crippen LogP contribution >= 0.6 is 0 Å². The molecule has 1 unspecified atom stereocenters. The number of carbonyl (C=O) groups is 2. The third-order valence-corrected chi connectivity index (χ3v) is 3.13. The summed E-state index contributed by atoms with van der Waals surface area (Å²) >= 11 is 0. The number of aromatic nitrogens is 1. The van der Waals surface area contributed by atoms with Gasteiger partial charge in [0, 0.05) is 32.3 Å². The maximum Gasteiger partial charge on any atom is 0.337 e. The standard InChI is InChI=1S/C12H16N4O3/c1-16-6-8(2-3-10(16)17)15-11-9(13)4-7(5-14-11)12(18)19/h4-5,8H,2-3,6,13H2,1H3,(H,14,15)(H,18,19). The van der Waals surface area contributed by atoms with Gasteiger partial charge in [-0.05, 0) is 12.5 Å². The molecule has 0 saturated carbocycles. The number of carboxylic acid groups (broad SMARTS) is 1. The summed E-state index contributed by atoms with van der Waals surface area (Å²) in [5.41, 5.74) is 6.12. The zero-order valence-corrected chi connectivity index (χ0v) is 10.6. The van der Waals surface area contributed by atoms with Crippen LogP contribution in [0.25, 0.3) is 0 Å². The van der Waals surface area contributed by atoms with E-state index in [1.807, 2.05) is 0 Å². The lowest BCUT2D eigenvalue weighted by Crippen LogP contribution is -2.43. The van der Waals surface area contributed by atoms with E-state index in [-0.39, 0.29) is 17.5 Å². The van der Waals surface area contributed by atoms with Gasteiger partial charge in [-0.15, -0.1) is 0 Å². The molecular formula is C12H16N4O3. The normalized spacial score (nSPS) is 19.3. The molecule has 0 aliphatic carbocycles. The summed E-state index contributed by atoms with van der Waals surface area (Å²) in [5, 5.41) is 12.0. The van der Waals surface area contributed by atoms with Crippen LogP contribution in [0.4, 0.5) is 11.5 Å². The number of likely N-dealkylation sites (tertiary alicyclic amines) is 1. The Morgan fingerprint density at radius 3 is 2.95 bits per heavy atom. The molecule has 0 bridgehead atoms. The summed E-state index contributed by atoms with van der Waals surface area (Å²) in [6.45, 7) is 0.584. The topological polar surface area (TPSA) is 109 Å². The van der Waals surface area contributed by atoms with Crippen molar-refractivity contribution in [2.45, 2.75) is 18.9 Å². The molecule has 0 spiro atoms. The van der Waals surface area contributed by atoms with Crippen LogP contribution in [0.3, 0.4) is 0 Å². The van der Waals surface area contributed by atoms with E-state index >= 15 is 0 Å². The molecule has 1 amide bonds. The number of nitrogens with one attached hydrogen (secondary N) is 1. The zero-order chi connectivity index (χ0) is 14.0. The van der Waals surface area contributed by atoms with Crippen LogP contribution in [0, 0.1) is 0 Å². The fourth-order valence-corrected chi connectivity index (χ4v) is 2.04. The van der Waals surface area contributed by atoms with Crippen LogP contribution in [0.2, 0.25) is 0 Å². The number of likely N-dealkylation sites (N-methyl/N-ethyl adjacent to an activating group) is 1. The number of amides is 1. The number of nitrogens with two attached hydrogens (primary N) is 1. The molecule has 0 radical (unpaired) electrons. The minimum Gasteiger partial charge on any atom is -0.478 e. The Bertz CT molecular complexity index is 518. The van der Waals surface area contributed by atoms with E-state index in [0.717, 1.165) is 0 Å². The molecule has 1 aliphatic heterocycles. The third kappa shape index (κ3) is 2.93. The fourth-order valence-electron chi connectivity index (χ4n) is 2.04. The van der Waals surface area contributed by atoms with Crippen LogP contribution in [-0.4, -0.2) is 46.5 Å². The number of nitrogen functional groups attached to an aromatic ring is 1. The SMILES string of the molecule is CN1CC(Nc2ncc(C(=O)O)cc2N)CCC1=O. The van der Waals surface area contributed by atoms with Crippen LogP contribution in [0.1, 0.15) is 23.2 Å². The Kier molecular flexibility index (Phi) is 3.55. The minimum atomic E-state index is -1.06. The van der Waals surface area contributed by atoms with Crippen LogP contribution in [0.5, 0.6) is 0 Å². The average Bonchev–Trinajstić information content (AvgIpc) is 2.36. The molecule has 7 nitrogen and oxygen atoms in total. The Hall–Kier alpha value is -2.31. The van der Waals surface area contributed by atoms with Gasteiger partial charge in [0.2, 0.25) is 5.91 Å². The van der Waals surface area contributed by atoms with Gasteiger partial charge in [-0.25, -0.2) is 9.78 Å². The third-order valence-electron chi connectivity index (χ3n) is 3.13. The molecule has 1 aliphatic rings. The Balaban J connectivity index is 2.07. The van der Waals surface area contributed by atoms with E-state index in [0.29, 0.717) is 30.9 Å². The second kappa shape index (κ2) is 5.13. The van der Waals surface area contributed by atoms with Crippen molar-refractivity contribution in [1.29, 1.82) is 0 Å². The first kappa shape index (κ1) is 13.1. The number of carboxylic acids is 1. The van der Waals surface area contributed by atoms with Gasteiger partial charge in [-0.3, -0.25) is 4.79 Å². The van der Waals surface area contributed by atoms with E-state index in [1.54, 1.807) is 11.9 Å². The van der Waals surface area contributed by atoms with Gasteiger partial charge >= 0.3 is 5.97 Å². The summed E-state index contributed by atoms with van der Waals surface area (Å²) in [7, 11) is 1.75. The lowest BCUT2D eigenvalue weighted by atomic mass is 10.1. The first-order valence-electron chi connectivity index (χ1n) is 5.96. The van der Waals surface area contributed by atoms with Gasteiger partial charge < -0.3 is 21.1 Å². The molecule has 2 heterocycles. The molecule has 102 valence electrons. The molecule has 1 aromatic heterocycles. The van der Waals surface area contributed by atoms with Crippen molar-refractivity contribution < 1.29 is 14.7 Å². The second-order valence-electron chi connectivity index (χ2n) is 4.62. The van der Waals surface area contributed by atoms with Gasteiger partial charge in [-0.2, -0.15) is 0 Å². The predicted molar refractivity (Wildman–Crippen MR) is 69.9 cm³/mol. The Morgan fingerprint density at radius 1 is 1.63 bits per heavy atom. The summed E-state index contributed by atoms with van der Waals surface area (Å²) in [6, 6.07) is 1.45. The van der Waals surface area contributed by atoms with Crippen LogP contribution < -0.4 is 11.1 Å². The van der Waals surface area contributed by atoms with E-state index in [2.05, 4.69) is 10.3 Å². The number of pyridine rings is 1. The number of hydrogen-bond acceptors (Lipinski definition) is 5. The molecule has 1 fully saturated rings. The molecule has 1 aromatic rings. The molecule has 19 heavy (non-hydrogen) atoms. The van der Waals surface area contributed by atoms with Crippen molar-refractivity contribution in [3.63, 3.8) is 0 Å². The summed E-state index contributed by atoms with van der Waals surface area (Å²) in [5.74, 6) is -0.480. The van der Waals surface area contributed by atoms with Gasteiger partial charge in [0.15, 0.2) is 0 Å². The second-order valence-corrected chi connectivity index (χ2v) is 4.62. The van der Waals surface area contributed by atoms with E-state index in [9.17, 15) is 9.59 Å². The highest BCUT2D eigenvalue weighted by atomic mass is 16.4. The minimum absolute atomic E-state index is 0.0546. The Morgan fingerprint density at radius 2 is 2.37 bits per heavy atom. The summed E-state index contributed by atoms with van der Waals surface area (Å²) in [6.07, 6.45) is 2.46. The van der Waals surface area contributed by atoms with Crippen molar-refractivity contribution in [3.05, 3.63) is 17.8 Å². The zero-order valence-electron chi connectivity index (χ0n) is 10.6. The Labute approximate surface area is 110 Å². The average molecular weight is 264 g/mol. The maximum absolute atomic E-state index is 11.4. The molecular weight excluding hydrogens is 248 g/mol.